The summed E-state index contributed by atoms with van der Waals surface area (Å²) in [6.07, 6.45) is 7.31. The minimum atomic E-state index is -1.06. The van der Waals surface area contributed by atoms with Gasteiger partial charge < -0.3 is 36.7 Å². The normalized spacial score (nSPS) is 13.0. The fraction of sp³-hybridized carbons (Fsp3) is 0.352. The second kappa shape index (κ2) is 25.3. The first-order chi connectivity index (χ1) is 36.0. The monoisotopic (exact) mass is 1020 g/mol. The first-order valence-electron chi connectivity index (χ1n) is 24.9. The van der Waals surface area contributed by atoms with Crippen LogP contribution in [-0.2, 0) is 48.4 Å². The largest absolute Gasteiger partial charge is 0.445 e. The van der Waals surface area contributed by atoms with E-state index in [1.54, 1.807) is 47.5 Å². The Kier molecular flexibility index (Phi) is 18.2. The third-order valence-electron chi connectivity index (χ3n) is 12.8. The highest BCUT2D eigenvalue weighted by atomic mass is 16.6. The number of anilines is 1. The van der Waals surface area contributed by atoms with E-state index >= 15 is 0 Å². The Hall–Kier alpha value is -8.75. The number of nitrogens with one attached hydrogen (secondary N) is 5. The molecular formula is C54H63N13O8. The number of hydrogen-bond donors (Lipinski definition) is 6. The SMILES string of the molecule is Cc1cccc(-c2[nH]c(CN(Cc3cccc(C)c3C)C(=O)OCc3ccc(NC(=O)C(CCCNC(N)=O)NC(=O)C(NC(=O)CCCCCN4C(=O)C=CC4=O)C(C)C)cc3)nc2-c2ccc3ncnn3c2)n1. The van der Waals surface area contributed by atoms with Gasteiger partial charge in [0.05, 0.1) is 23.6 Å². The van der Waals surface area contributed by atoms with Crippen molar-refractivity contribution in [3.05, 3.63) is 131 Å². The van der Waals surface area contributed by atoms with Crippen LogP contribution in [0.15, 0.2) is 97.5 Å². The van der Waals surface area contributed by atoms with Crippen molar-refractivity contribution >= 4 is 53.0 Å². The summed E-state index contributed by atoms with van der Waals surface area (Å²) >= 11 is 0. The highest BCUT2D eigenvalue weighted by molar-refractivity contribution is 6.12. The van der Waals surface area contributed by atoms with E-state index in [1.165, 1.54) is 18.5 Å². The summed E-state index contributed by atoms with van der Waals surface area (Å²) in [6.45, 7) is 10.1. The molecule has 0 fully saturated rings. The molecule has 2 unspecified atom stereocenters. The number of imide groups is 1. The number of urea groups is 1. The summed E-state index contributed by atoms with van der Waals surface area (Å²) in [4.78, 5) is 110. The number of carbonyl (C=O) groups is 7. The fourth-order valence-electron chi connectivity index (χ4n) is 8.45. The highest BCUT2D eigenvalue weighted by Gasteiger charge is 2.30. The van der Waals surface area contributed by atoms with Gasteiger partial charge in [0, 0.05) is 61.3 Å². The summed E-state index contributed by atoms with van der Waals surface area (Å²) in [5, 5.41) is 15.2. The van der Waals surface area contributed by atoms with Crippen LogP contribution in [0, 0.1) is 26.7 Å². The van der Waals surface area contributed by atoms with E-state index in [9.17, 15) is 33.6 Å². The smallest absolute Gasteiger partial charge is 0.410 e. The number of aromatic nitrogens is 6. The summed E-state index contributed by atoms with van der Waals surface area (Å²) < 4.78 is 7.62. The number of primary amides is 1. The molecule has 1 aliphatic heterocycles. The summed E-state index contributed by atoms with van der Waals surface area (Å²) in [7, 11) is 0. The molecule has 2 atom stereocenters. The quantitative estimate of drug-likeness (QED) is 0.0303. The maximum atomic E-state index is 14.2. The number of nitrogens with two attached hydrogens (primary N) is 1. The molecule has 5 heterocycles. The number of nitrogens with zero attached hydrogens (tertiary/aromatic N) is 7. The molecule has 1 aliphatic rings. The van der Waals surface area contributed by atoms with Crippen LogP contribution in [0.2, 0.25) is 0 Å². The topological polar surface area (TPSA) is 281 Å². The Balaban J connectivity index is 0.997. The number of aromatic amines is 1. The lowest BCUT2D eigenvalue weighted by Crippen LogP contribution is -2.54. The number of pyridine rings is 2. The molecule has 0 spiro atoms. The molecule has 7 rings (SSSR count). The third-order valence-corrected chi connectivity index (χ3v) is 12.8. The maximum Gasteiger partial charge on any atom is 0.410 e. The molecule has 2 aromatic carbocycles. The standard InChI is InChI=1S/C54H63N13O8/c1-33(2)48(64-45(68)17-7-6-8-27-66-46(69)24-25-47(66)70)52(72)61-42(16-11-26-56-53(55)73)51(71)60-40-21-18-37(19-22-40)31-75-54(74)65(28-38-14-9-12-34(3)36(38)5)30-43-62-49(39-20-23-44-57-32-58-67(44)29-39)50(63-43)41-15-10-13-35(4)59-41/h9-10,12-15,18-25,29,32-33,42,48H,6-8,11,16-17,26-28,30-31H2,1-5H3,(H,60,71)(H,61,72)(H,62,63)(H,64,68)(H3,55,56,73). The Morgan fingerprint density at radius 3 is 2.32 bits per heavy atom. The van der Waals surface area contributed by atoms with Crippen molar-refractivity contribution in [2.45, 2.75) is 105 Å². The summed E-state index contributed by atoms with van der Waals surface area (Å²) in [5.41, 5.74) is 13.6. The first-order valence-corrected chi connectivity index (χ1v) is 24.9. The van der Waals surface area contributed by atoms with E-state index in [-0.39, 0.29) is 69.3 Å². The average Bonchev–Trinajstić information content (AvgIpc) is 4.12. The van der Waals surface area contributed by atoms with Gasteiger partial charge in [-0.2, -0.15) is 5.10 Å². The second-order valence-electron chi connectivity index (χ2n) is 18.8. The van der Waals surface area contributed by atoms with Crippen molar-refractivity contribution in [2.24, 2.45) is 11.7 Å². The molecule has 6 aromatic rings. The molecule has 8 amide bonds. The zero-order chi connectivity index (χ0) is 53.6. The molecule has 0 saturated carbocycles. The maximum absolute atomic E-state index is 14.2. The summed E-state index contributed by atoms with van der Waals surface area (Å²) in [6, 6.07) is 19.4. The molecule has 4 aromatic heterocycles. The fourth-order valence-corrected chi connectivity index (χ4v) is 8.45. The van der Waals surface area contributed by atoms with Gasteiger partial charge in [0.1, 0.15) is 30.8 Å². The van der Waals surface area contributed by atoms with Gasteiger partial charge in [-0.3, -0.25) is 38.8 Å². The molecule has 7 N–H and O–H groups in total. The summed E-state index contributed by atoms with van der Waals surface area (Å²) in [5.74, 6) is -2.01. The van der Waals surface area contributed by atoms with Crippen molar-refractivity contribution in [1.29, 1.82) is 0 Å². The van der Waals surface area contributed by atoms with Crippen molar-refractivity contribution in [2.75, 3.05) is 18.4 Å². The Morgan fingerprint density at radius 1 is 0.827 bits per heavy atom. The van der Waals surface area contributed by atoms with E-state index < -0.39 is 36.0 Å². The number of H-pyrrole nitrogens is 1. The number of amides is 8. The van der Waals surface area contributed by atoms with Crippen LogP contribution in [0.5, 0.6) is 0 Å². The molecule has 21 heteroatoms. The van der Waals surface area contributed by atoms with Gasteiger partial charge in [-0.05, 0) is 111 Å². The Labute approximate surface area is 434 Å². The van der Waals surface area contributed by atoms with E-state index in [0.29, 0.717) is 65.5 Å². The van der Waals surface area contributed by atoms with Crippen molar-refractivity contribution < 1.29 is 38.3 Å². The molecule has 0 radical (unpaired) electrons. The second-order valence-corrected chi connectivity index (χ2v) is 18.8. The molecule has 21 nitrogen and oxygen atoms in total. The van der Waals surface area contributed by atoms with E-state index in [2.05, 4.69) is 36.3 Å². The van der Waals surface area contributed by atoms with Gasteiger partial charge in [0.25, 0.3) is 11.8 Å². The average molecular weight is 1020 g/mol. The number of fused-ring (bicyclic) bond motifs is 1. The highest BCUT2D eigenvalue weighted by Crippen LogP contribution is 2.30. The van der Waals surface area contributed by atoms with Gasteiger partial charge in [-0.1, -0.05) is 56.7 Å². The number of benzene rings is 2. The van der Waals surface area contributed by atoms with E-state index in [4.69, 9.17) is 20.4 Å². The lowest BCUT2D eigenvalue weighted by atomic mass is 10.0. The lowest BCUT2D eigenvalue weighted by molar-refractivity contribution is -0.137. The van der Waals surface area contributed by atoms with Crippen LogP contribution < -0.4 is 27.0 Å². The number of aryl methyl sites for hydroxylation is 2. The molecule has 0 bridgehead atoms. The van der Waals surface area contributed by atoms with Crippen LogP contribution in [0.3, 0.4) is 0 Å². The van der Waals surface area contributed by atoms with Crippen LogP contribution in [-0.4, -0.2) is 106 Å². The van der Waals surface area contributed by atoms with E-state index in [1.807, 2.05) is 75.5 Å². The zero-order valence-electron chi connectivity index (χ0n) is 42.7. The number of ether oxygens (including phenoxy) is 1. The number of rotatable bonds is 24. The van der Waals surface area contributed by atoms with Gasteiger partial charge in [-0.15, -0.1) is 0 Å². The number of hydrogen-bond acceptors (Lipinski definition) is 12. The Bertz CT molecular complexity index is 3060. The van der Waals surface area contributed by atoms with Gasteiger partial charge in [0.15, 0.2) is 5.65 Å². The molecular weight excluding hydrogens is 959 g/mol. The molecule has 0 saturated heterocycles. The van der Waals surface area contributed by atoms with Crippen molar-refractivity contribution in [3.63, 3.8) is 0 Å². The first kappa shape index (κ1) is 54.0. The molecule has 75 heavy (non-hydrogen) atoms. The van der Waals surface area contributed by atoms with Gasteiger partial charge in [-0.25, -0.2) is 24.1 Å². The number of imidazole rings is 1. The number of unbranched alkanes of at least 4 members (excludes halogenated alkanes) is 2. The minimum absolute atomic E-state index is 0.0647. The Morgan fingerprint density at radius 2 is 1.59 bits per heavy atom. The van der Waals surface area contributed by atoms with Crippen LogP contribution in [0.4, 0.5) is 15.3 Å². The lowest BCUT2D eigenvalue weighted by Gasteiger charge is -2.25. The zero-order valence-corrected chi connectivity index (χ0v) is 42.7. The van der Waals surface area contributed by atoms with Crippen LogP contribution in [0.1, 0.15) is 86.1 Å². The number of carbonyl (C=O) groups excluding carboxylic acids is 7. The van der Waals surface area contributed by atoms with E-state index in [0.717, 1.165) is 32.8 Å². The van der Waals surface area contributed by atoms with Gasteiger partial charge in [0.2, 0.25) is 17.7 Å². The van der Waals surface area contributed by atoms with Crippen molar-refractivity contribution in [3.8, 4) is 22.6 Å². The van der Waals surface area contributed by atoms with Crippen LogP contribution >= 0.6 is 0 Å². The third kappa shape index (κ3) is 14.7. The van der Waals surface area contributed by atoms with Crippen molar-refractivity contribution in [1.82, 2.24) is 55.3 Å². The predicted molar refractivity (Wildman–Crippen MR) is 279 cm³/mol. The predicted octanol–water partition coefficient (Wildman–Crippen LogP) is 5.94. The molecule has 0 aliphatic carbocycles. The van der Waals surface area contributed by atoms with Gasteiger partial charge >= 0.3 is 12.1 Å². The van der Waals surface area contributed by atoms with Crippen LogP contribution in [0.25, 0.3) is 28.3 Å². The minimum Gasteiger partial charge on any atom is -0.445 e. The molecule has 392 valence electrons.